The van der Waals surface area contributed by atoms with Crippen LogP contribution in [-0.4, -0.2) is 11.6 Å². The maximum atomic E-state index is 12.8. The van der Waals surface area contributed by atoms with Gasteiger partial charge in [0.15, 0.2) is 0 Å². The number of hydrogen-bond acceptors (Lipinski definition) is 2. The lowest BCUT2D eigenvalue weighted by Gasteiger charge is -2.49. The minimum Gasteiger partial charge on any atom is -0.458 e. The minimum atomic E-state index is -0.385. The number of carbonyl (C=O) groups excluding carboxylic acids is 1. The van der Waals surface area contributed by atoms with Crippen LogP contribution in [-0.2, 0) is 9.53 Å². The Morgan fingerprint density at radius 1 is 1.14 bits per heavy atom. The first-order valence-electron chi connectivity index (χ1n) is 8.62. The molecule has 0 radical (unpaired) electrons. The lowest BCUT2D eigenvalue weighted by molar-refractivity contribution is -0.196. The van der Waals surface area contributed by atoms with Gasteiger partial charge in [0, 0.05) is 11.3 Å². The van der Waals surface area contributed by atoms with E-state index in [9.17, 15) is 4.79 Å². The molecule has 2 aliphatic carbocycles. The Kier molecular flexibility index (Phi) is 3.79. The van der Waals surface area contributed by atoms with Crippen molar-refractivity contribution in [1.29, 1.82) is 0 Å². The minimum absolute atomic E-state index is 0.0103. The molecule has 2 aliphatic rings. The third kappa shape index (κ3) is 2.33. The van der Waals surface area contributed by atoms with Crippen molar-refractivity contribution in [3.8, 4) is 0 Å². The first kappa shape index (κ1) is 16.8. The molecule has 3 unspecified atom stereocenters. The second kappa shape index (κ2) is 4.73. The van der Waals surface area contributed by atoms with Crippen molar-refractivity contribution in [2.24, 2.45) is 28.1 Å². The molecule has 21 heavy (non-hydrogen) atoms. The second-order valence-corrected chi connectivity index (χ2v) is 9.62. The van der Waals surface area contributed by atoms with Crippen LogP contribution in [0.15, 0.2) is 0 Å². The molecule has 122 valence electrons. The number of ether oxygens (including phenoxy) is 1. The number of hydrogen-bond donors (Lipinski definition) is 0. The van der Waals surface area contributed by atoms with Crippen molar-refractivity contribution in [3.63, 3.8) is 0 Å². The number of carbonyl (C=O) groups is 1. The van der Waals surface area contributed by atoms with E-state index < -0.39 is 0 Å². The van der Waals surface area contributed by atoms with Crippen molar-refractivity contribution in [2.45, 2.75) is 86.7 Å². The predicted octanol–water partition coefficient (Wildman–Crippen LogP) is 5.21. The molecule has 0 aromatic heterocycles. The fourth-order valence-corrected chi connectivity index (χ4v) is 4.65. The van der Waals surface area contributed by atoms with Crippen LogP contribution in [0.1, 0.15) is 81.1 Å². The van der Waals surface area contributed by atoms with Gasteiger partial charge in [-0.05, 0) is 50.9 Å². The summed E-state index contributed by atoms with van der Waals surface area (Å²) in [5.41, 5.74) is -0.388. The van der Waals surface area contributed by atoms with Crippen molar-refractivity contribution in [3.05, 3.63) is 0 Å². The summed E-state index contributed by atoms with van der Waals surface area (Å²) in [6, 6.07) is 0. The highest BCUT2D eigenvalue weighted by Gasteiger charge is 2.67. The molecule has 0 heterocycles. The summed E-state index contributed by atoms with van der Waals surface area (Å²) < 4.78 is 6.35. The fraction of sp³-hybridized carbons (Fsp3) is 0.947. The van der Waals surface area contributed by atoms with E-state index in [0.717, 1.165) is 12.8 Å². The normalized spacial score (nSPS) is 35.0. The summed E-state index contributed by atoms with van der Waals surface area (Å²) in [6.45, 7) is 17.6. The third-order valence-corrected chi connectivity index (χ3v) is 6.85. The van der Waals surface area contributed by atoms with Crippen molar-refractivity contribution in [1.82, 2.24) is 0 Å². The van der Waals surface area contributed by atoms with Gasteiger partial charge in [-0.2, -0.15) is 0 Å². The Hall–Kier alpha value is -0.530. The van der Waals surface area contributed by atoms with E-state index in [0.29, 0.717) is 17.3 Å². The van der Waals surface area contributed by atoms with Gasteiger partial charge in [-0.1, -0.05) is 41.5 Å². The molecule has 2 rings (SSSR count). The van der Waals surface area contributed by atoms with Gasteiger partial charge in [-0.25, -0.2) is 0 Å². The molecule has 0 N–H and O–H groups in total. The van der Waals surface area contributed by atoms with Gasteiger partial charge in [0.05, 0.1) is 5.41 Å². The van der Waals surface area contributed by atoms with Gasteiger partial charge in [0.1, 0.15) is 5.60 Å². The summed E-state index contributed by atoms with van der Waals surface area (Å²) in [7, 11) is 0. The van der Waals surface area contributed by atoms with Gasteiger partial charge in [-0.3, -0.25) is 4.79 Å². The highest BCUT2D eigenvalue weighted by atomic mass is 16.6. The molecule has 0 amide bonds. The predicted molar refractivity (Wildman–Crippen MR) is 87.0 cm³/mol. The van der Waals surface area contributed by atoms with Gasteiger partial charge in [0.2, 0.25) is 0 Å². The Morgan fingerprint density at radius 3 is 2.05 bits per heavy atom. The third-order valence-electron chi connectivity index (χ3n) is 6.85. The summed E-state index contributed by atoms with van der Waals surface area (Å²) in [5.74, 6) is 1.18. The Labute approximate surface area is 131 Å². The van der Waals surface area contributed by atoms with Gasteiger partial charge >= 0.3 is 5.97 Å². The van der Waals surface area contributed by atoms with E-state index in [2.05, 4.69) is 41.5 Å². The quantitative estimate of drug-likeness (QED) is 0.668. The molecular weight excluding hydrogens is 260 g/mol. The smallest absolute Gasteiger partial charge is 0.312 e. The van der Waals surface area contributed by atoms with Crippen LogP contribution in [0, 0.1) is 28.1 Å². The molecule has 0 saturated heterocycles. The first-order valence-corrected chi connectivity index (χ1v) is 8.62. The Morgan fingerprint density at radius 2 is 1.71 bits per heavy atom. The molecule has 0 aromatic rings. The Bertz CT molecular complexity index is 427. The Balaban J connectivity index is 2.37. The highest BCUT2D eigenvalue weighted by molar-refractivity contribution is 5.76. The number of rotatable bonds is 3. The fourth-order valence-electron chi connectivity index (χ4n) is 4.65. The van der Waals surface area contributed by atoms with Crippen molar-refractivity contribution < 1.29 is 9.53 Å². The molecule has 0 spiro atoms. The van der Waals surface area contributed by atoms with Gasteiger partial charge in [-0.15, -0.1) is 0 Å². The average Bonchev–Trinajstić information content (AvgIpc) is 2.75. The van der Waals surface area contributed by atoms with E-state index in [4.69, 9.17) is 4.74 Å². The van der Waals surface area contributed by atoms with Crippen LogP contribution in [0.2, 0.25) is 0 Å². The van der Waals surface area contributed by atoms with Gasteiger partial charge in [0.25, 0.3) is 0 Å². The van der Waals surface area contributed by atoms with Crippen LogP contribution in [0.25, 0.3) is 0 Å². The maximum absolute atomic E-state index is 12.8. The largest absolute Gasteiger partial charge is 0.458 e. The standard InChI is InChI=1S/C19H34O2/c1-9-17(5,6)15(20)21-19(16(2,3)4)12-13-10-11-14(19)18(13,7)8/h13-14H,9-12H2,1-8H3. The van der Waals surface area contributed by atoms with E-state index >= 15 is 0 Å². The van der Waals surface area contributed by atoms with E-state index in [1.54, 1.807) is 0 Å². The van der Waals surface area contributed by atoms with Crippen LogP contribution in [0.4, 0.5) is 0 Å². The van der Waals surface area contributed by atoms with Crippen LogP contribution < -0.4 is 0 Å². The zero-order valence-electron chi connectivity index (χ0n) is 15.3. The van der Waals surface area contributed by atoms with Crippen LogP contribution >= 0.6 is 0 Å². The van der Waals surface area contributed by atoms with Crippen molar-refractivity contribution >= 4 is 5.97 Å². The summed E-state index contributed by atoms with van der Waals surface area (Å²) in [5, 5.41) is 0. The molecule has 0 aliphatic heterocycles. The monoisotopic (exact) mass is 294 g/mol. The number of fused-ring (bicyclic) bond motifs is 2. The first-order chi connectivity index (χ1) is 9.38. The van der Waals surface area contributed by atoms with Crippen molar-refractivity contribution in [2.75, 3.05) is 0 Å². The molecule has 2 saturated carbocycles. The van der Waals surface area contributed by atoms with E-state index in [1.165, 1.54) is 12.8 Å². The lowest BCUT2D eigenvalue weighted by atomic mass is 9.65. The SMILES string of the molecule is CCC(C)(C)C(=O)OC1(C(C)(C)C)CC2CCC1C2(C)C. The average molecular weight is 294 g/mol. The molecule has 3 atom stereocenters. The second-order valence-electron chi connectivity index (χ2n) is 9.62. The van der Waals surface area contributed by atoms with Crippen LogP contribution in [0.5, 0.6) is 0 Å². The van der Waals surface area contributed by atoms with Gasteiger partial charge < -0.3 is 4.74 Å². The number of esters is 1. The van der Waals surface area contributed by atoms with E-state index in [-0.39, 0.29) is 22.4 Å². The zero-order chi connectivity index (χ0) is 16.3. The highest BCUT2D eigenvalue weighted by Crippen LogP contribution is 2.67. The lowest BCUT2D eigenvalue weighted by Crippen LogP contribution is -2.53. The molecule has 2 heteroatoms. The molecule has 2 fully saturated rings. The zero-order valence-corrected chi connectivity index (χ0v) is 15.3. The topological polar surface area (TPSA) is 26.3 Å². The molecular formula is C19H34O2. The summed E-state index contributed by atoms with van der Waals surface area (Å²) in [4.78, 5) is 12.8. The summed E-state index contributed by atoms with van der Waals surface area (Å²) in [6.07, 6.45) is 4.36. The summed E-state index contributed by atoms with van der Waals surface area (Å²) >= 11 is 0. The maximum Gasteiger partial charge on any atom is 0.312 e. The van der Waals surface area contributed by atoms with Crippen LogP contribution in [0.3, 0.4) is 0 Å². The van der Waals surface area contributed by atoms with E-state index in [1.807, 2.05) is 13.8 Å². The molecule has 0 aromatic carbocycles. The molecule has 2 bridgehead atoms. The molecule has 2 nitrogen and oxygen atoms in total.